The first-order valence-corrected chi connectivity index (χ1v) is 8.27. The van der Waals surface area contributed by atoms with Gasteiger partial charge in [-0.3, -0.25) is 4.98 Å². The predicted octanol–water partition coefficient (Wildman–Crippen LogP) is 1.75. The molecule has 2 bridgehead atoms. The summed E-state index contributed by atoms with van der Waals surface area (Å²) in [6, 6.07) is 10.4. The van der Waals surface area contributed by atoms with Crippen LogP contribution in [0.3, 0.4) is 0 Å². The summed E-state index contributed by atoms with van der Waals surface area (Å²) in [4.78, 5) is 5.95. The molecular formula is C19H23N2O+. The third-order valence-electron chi connectivity index (χ3n) is 5.71. The number of nitrogens with one attached hydrogen (secondary N) is 1. The fourth-order valence-corrected chi connectivity index (χ4v) is 4.50. The van der Waals surface area contributed by atoms with Crippen molar-refractivity contribution in [1.82, 2.24) is 4.98 Å². The van der Waals surface area contributed by atoms with Crippen molar-refractivity contribution in [2.24, 2.45) is 11.8 Å². The number of quaternary nitrogens is 1. The van der Waals surface area contributed by atoms with Crippen molar-refractivity contribution in [2.75, 3.05) is 13.1 Å². The fraction of sp³-hybridized carbons (Fsp3) is 0.421. The molecule has 3 aliphatic heterocycles. The summed E-state index contributed by atoms with van der Waals surface area (Å²) >= 11 is 0. The number of rotatable bonds is 3. The highest BCUT2D eigenvalue weighted by Crippen LogP contribution is 2.33. The van der Waals surface area contributed by atoms with Gasteiger partial charge in [0.2, 0.25) is 0 Å². The molecule has 5 atom stereocenters. The molecular weight excluding hydrogens is 272 g/mol. The highest BCUT2D eigenvalue weighted by atomic mass is 16.3. The number of para-hydroxylation sites is 1. The Morgan fingerprint density at radius 3 is 2.95 bits per heavy atom. The van der Waals surface area contributed by atoms with Crippen molar-refractivity contribution in [2.45, 2.75) is 25.0 Å². The number of aliphatic hydroxyl groups is 1. The Morgan fingerprint density at radius 2 is 2.18 bits per heavy atom. The molecule has 0 spiro atoms. The zero-order valence-electron chi connectivity index (χ0n) is 12.8. The smallest absolute Gasteiger partial charge is 0.131 e. The number of aliphatic hydroxyl groups excluding tert-OH is 1. The molecule has 1 aromatic heterocycles. The maximum absolute atomic E-state index is 11.0. The van der Waals surface area contributed by atoms with Crippen molar-refractivity contribution in [3.63, 3.8) is 0 Å². The Hall–Kier alpha value is -1.71. The van der Waals surface area contributed by atoms with Crippen molar-refractivity contribution >= 4 is 10.9 Å². The third-order valence-corrected chi connectivity index (χ3v) is 5.71. The number of hydrogen-bond acceptors (Lipinski definition) is 2. The van der Waals surface area contributed by atoms with Crippen LogP contribution in [0.5, 0.6) is 0 Å². The van der Waals surface area contributed by atoms with E-state index in [1.54, 1.807) is 4.90 Å². The van der Waals surface area contributed by atoms with Gasteiger partial charge in [-0.2, -0.15) is 0 Å². The van der Waals surface area contributed by atoms with Gasteiger partial charge >= 0.3 is 0 Å². The Kier molecular flexibility index (Phi) is 3.47. The highest BCUT2D eigenvalue weighted by Gasteiger charge is 2.45. The van der Waals surface area contributed by atoms with Crippen LogP contribution in [-0.2, 0) is 0 Å². The molecule has 1 aromatic carbocycles. The van der Waals surface area contributed by atoms with E-state index in [4.69, 9.17) is 0 Å². The number of hydrogen-bond donors (Lipinski definition) is 2. The lowest BCUT2D eigenvalue weighted by atomic mass is 9.73. The molecule has 0 radical (unpaired) electrons. The van der Waals surface area contributed by atoms with Gasteiger partial charge in [0.25, 0.3) is 0 Å². The van der Waals surface area contributed by atoms with Crippen molar-refractivity contribution in [3.05, 3.63) is 54.7 Å². The monoisotopic (exact) mass is 295 g/mol. The van der Waals surface area contributed by atoms with E-state index in [1.165, 1.54) is 13.0 Å². The number of fused-ring (bicyclic) bond motifs is 4. The number of piperidine rings is 3. The second kappa shape index (κ2) is 5.49. The van der Waals surface area contributed by atoms with Crippen LogP contribution in [0, 0.1) is 11.8 Å². The summed E-state index contributed by atoms with van der Waals surface area (Å²) in [5.74, 6) is 1.32. The van der Waals surface area contributed by atoms with E-state index in [-0.39, 0.29) is 0 Å². The largest absolute Gasteiger partial charge is 0.382 e. The molecule has 0 aliphatic carbocycles. The molecule has 3 saturated heterocycles. The van der Waals surface area contributed by atoms with Crippen LogP contribution in [0.2, 0.25) is 0 Å². The highest BCUT2D eigenvalue weighted by molar-refractivity contribution is 5.82. The van der Waals surface area contributed by atoms with Gasteiger partial charge in [0.15, 0.2) is 0 Å². The predicted molar refractivity (Wildman–Crippen MR) is 87.6 cm³/mol. The standard InChI is InChI=1S/C19H22N2O/c1-2-13-12-21-10-8-14(13)11-18(21)19(22)16-7-9-20-17-6-4-3-5-15(16)17/h2-7,9,13-14,18-19,22H,1,8,10-12H2/p+1/t13?,14?,18-,19-/m1/s1. The molecule has 0 amide bonds. The average Bonchev–Trinajstić information content (AvgIpc) is 2.60. The molecule has 3 unspecified atom stereocenters. The number of nitrogens with zero attached hydrogens (tertiary/aromatic N) is 1. The van der Waals surface area contributed by atoms with Gasteiger partial charge in [-0.05, 0) is 23.6 Å². The van der Waals surface area contributed by atoms with Gasteiger partial charge in [0.1, 0.15) is 12.1 Å². The average molecular weight is 295 g/mol. The summed E-state index contributed by atoms with van der Waals surface area (Å²) in [5, 5.41) is 12.1. The van der Waals surface area contributed by atoms with E-state index in [0.717, 1.165) is 29.4 Å². The summed E-state index contributed by atoms with van der Waals surface area (Å²) < 4.78 is 0. The van der Waals surface area contributed by atoms with Gasteiger partial charge in [-0.25, -0.2) is 0 Å². The quantitative estimate of drug-likeness (QED) is 0.847. The molecule has 22 heavy (non-hydrogen) atoms. The first-order chi connectivity index (χ1) is 10.8. The van der Waals surface area contributed by atoms with Crippen LogP contribution in [0.15, 0.2) is 49.2 Å². The summed E-state index contributed by atoms with van der Waals surface area (Å²) in [6.45, 7) is 6.29. The van der Waals surface area contributed by atoms with Crippen LogP contribution in [0.1, 0.15) is 24.5 Å². The van der Waals surface area contributed by atoms with Crippen LogP contribution in [-0.4, -0.2) is 29.2 Å². The molecule has 0 saturated carbocycles. The van der Waals surface area contributed by atoms with Crippen molar-refractivity contribution in [3.8, 4) is 0 Å². The van der Waals surface area contributed by atoms with Crippen LogP contribution in [0.25, 0.3) is 10.9 Å². The minimum Gasteiger partial charge on any atom is -0.382 e. The summed E-state index contributed by atoms with van der Waals surface area (Å²) in [5.41, 5.74) is 2.00. The van der Waals surface area contributed by atoms with Crippen LogP contribution in [0.4, 0.5) is 0 Å². The molecule has 3 heteroatoms. The van der Waals surface area contributed by atoms with Gasteiger partial charge in [-0.15, -0.1) is 6.58 Å². The van der Waals surface area contributed by atoms with E-state index < -0.39 is 6.10 Å². The molecule has 2 N–H and O–H groups in total. The first-order valence-electron chi connectivity index (χ1n) is 8.27. The minimum atomic E-state index is -0.406. The molecule has 2 aromatic rings. The molecule has 114 valence electrons. The Morgan fingerprint density at radius 1 is 1.32 bits per heavy atom. The molecule has 4 heterocycles. The second-order valence-corrected chi connectivity index (χ2v) is 6.77. The number of benzene rings is 1. The zero-order chi connectivity index (χ0) is 15.1. The number of pyridine rings is 1. The summed E-state index contributed by atoms with van der Waals surface area (Å²) in [7, 11) is 0. The lowest BCUT2D eigenvalue weighted by molar-refractivity contribution is -0.949. The maximum atomic E-state index is 11.0. The van der Waals surface area contributed by atoms with Crippen LogP contribution >= 0.6 is 0 Å². The Bertz CT molecular complexity index is 693. The zero-order valence-corrected chi connectivity index (χ0v) is 12.8. The van der Waals surface area contributed by atoms with E-state index in [9.17, 15) is 5.11 Å². The molecule has 3 nitrogen and oxygen atoms in total. The molecule has 3 fully saturated rings. The lowest BCUT2D eigenvalue weighted by Crippen LogP contribution is -3.20. The lowest BCUT2D eigenvalue weighted by Gasteiger charge is -2.47. The van der Waals surface area contributed by atoms with Crippen LogP contribution < -0.4 is 4.90 Å². The van der Waals surface area contributed by atoms with Gasteiger partial charge < -0.3 is 10.0 Å². The van der Waals surface area contributed by atoms with E-state index in [0.29, 0.717) is 17.9 Å². The molecule has 5 rings (SSSR count). The number of aromatic nitrogens is 1. The topological polar surface area (TPSA) is 37.6 Å². The van der Waals surface area contributed by atoms with Gasteiger partial charge in [0, 0.05) is 30.3 Å². The SMILES string of the molecule is C=CC1C[NH+]2CCC1C[C@@H]2[C@H](O)c1ccnc2ccccc12. The first kappa shape index (κ1) is 13.9. The van der Waals surface area contributed by atoms with E-state index >= 15 is 0 Å². The van der Waals surface area contributed by atoms with Gasteiger partial charge in [-0.1, -0.05) is 24.3 Å². The van der Waals surface area contributed by atoms with Crippen molar-refractivity contribution in [1.29, 1.82) is 0 Å². The minimum absolute atomic E-state index is 0.306. The van der Waals surface area contributed by atoms with E-state index in [2.05, 4.69) is 23.7 Å². The molecule has 3 aliphatic rings. The maximum Gasteiger partial charge on any atom is 0.131 e. The normalized spacial score (nSPS) is 32.0. The summed E-state index contributed by atoms with van der Waals surface area (Å²) in [6.07, 6.45) is 5.90. The second-order valence-electron chi connectivity index (χ2n) is 6.77. The Labute approximate surface area is 131 Å². The van der Waals surface area contributed by atoms with Gasteiger partial charge in [0.05, 0.1) is 18.6 Å². The van der Waals surface area contributed by atoms with E-state index in [1.807, 2.05) is 30.5 Å². The van der Waals surface area contributed by atoms with Crippen molar-refractivity contribution < 1.29 is 10.0 Å². The Balaban J connectivity index is 1.67. The fourth-order valence-electron chi connectivity index (χ4n) is 4.50. The third kappa shape index (κ3) is 2.16.